The molecule has 4 heteroatoms. The Labute approximate surface area is 100 Å². The lowest BCUT2D eigenvalue weighted by Crippen LogP contribution is -2.22. The highest BCUT2D eigenvalue weighted by molar-refractivity contribution is 5.20. The van der Waals surface area contributed by atoms with Gasteiger partial charge in [-0.3, -0.25) is 0 Å². The third kappa shape index (κ3) is 3.14. The van der Waals surface area contributed by atoms with Crippen LogP contribution in [0.1, 0.15) is 24.4 Å². The number of rotatable bonds is 5. The predicted octanol–water partition coefficient (Wildman–Crippen LogP) is 2.44. The SMILES string of the molecule is CC(NCCc1ncc[nH]1)c1ccccc1F. The highest BCUT2D eigenvalue weighted by atomic mass is 19.1. The van der Waals surface area contributed by atoms with Gasteiger partial charge in [0.15, 0.2) is 0 Å². The van der Waals surface area contributed by atoms with Crippen LogP contribution in [0.4, 0.5) is 4.39 Å². The largest absolute Gasteiger partial charge is 0.349 e. The normalized spacial score (nSPS) is 12.6. The van der Waals surface area contributed by atoms with Gasteiger partial charge in [0.1, 0.15) is 11.6 Å². The number of aromatic nitrogens is 2. The van der Waals surface area contributed by atoms with Gasteiger partial charge in [0.05, 0.1) is 0 Å². The second-order valence-corrected chi connectivity index (χ2v) is 3.98. The van der Waals surface area contributed by atoms with Gasteiger partial charge in [-0.15, -0.1) is 0 Å². The first-order valence-corrected chi connectivity index (χ1v) is 5.73. The summed E-state index contributed by atoms with van der Waals surface area (Å²) in [5.41, 5.74) is 0.701. The molecule has 0 fully saturated rings. The molecule has 2 rings (SSSR count). The van der Waals surface area contributed by atoms with E-state index in [0.29, 0.717) is 5.56 Å². The summed E-state index contributed by atoms with van der Waals surface area (Å²) in [6, 6.07) is 6.85. The van der Waals surface area contributed by atoms with Crippen molar-refractivity contribution in [1.82, 2.24) is 15.3 Å². The van der Waals surface area contributed by atoms with Crippen molar-refractivity contribution in [3.63, 3.8) is 0 Å². The number of nitrogens with one attached hydrogen (secondary N) is 2. The number of nitrogens with zero attached hydrogens (tertiary/aromatic N) is 1. The lowest BCUT2D eigenvalue weighted by Gasteiger charge is -2.14. The molecule has 0 spiro atoms. The van der Waals surface area contributed by atoms with Gasteiger partial charge >= 0.3 is 0 Å². The van der Waals surface area contributed by atoms with Crippen LogP contribution in [0.2, 0.25) is 0 Å². The summed E-state index contributed by atoms with van der Waals surface area (Å²) in [5.74, 6) is 0.781. The summed E-state index contributed by atoms with van der Waals surface area (Å²) in [4.78, 5) is 7.17. The summed E-state index contributed by atoms with van der Waals surface area (Å²) in [6.07, 6.45) is 4.34. The van der Waals surface area contributed by atoms with Crippen molar-refractivity contribution in [2.75, 3.05) is 6.54 Å². The molecule has 1 atom stereocenters. The van der Waals surface area contributed by atoms with E-state index in [1.807, 2.05) is 13.0 Å². The quantitative estimate of drug-likeness (QED) is 0.832. The molecule has 2 aromatic rings. The highest BCUT2D eigenvalue weighted by Gasteiger charge is 2.09. The van der Waals surface area contributed by atoms with E-state index in [1.165, 1.54) is 6.07 Å². The van der Waals surface area contributed by atoms with Crippen LogP contribution in [-0.4, -0.2) is 16.5 Å². The molecule has 3 nitrogen and oxygen atoms in total. The second-order valence-electron chi connectivity index (χ2n) is 3.98. The standard InChI is InChI=1S/C13H16FN3/c1-10(11-4-2-3-5-12(11)14)15-7-6-13-16-8-9-17-13/h2-5,8-10,15H,6-7H2,1H3,(H,16,17). The van der Waals surface area contributed by atoms with E-state index in [4.69, 9.17) is 0 Å². The monoisotopic (exact) mass is 233 g/mol. The Morgan fingerprint density at radius 1 is 1.41 bits per heavy atom. The number of H-pyrrole nitrogens is 1. The van der Waals surface area contributed by atoms with E-state index in [9.17, 15) is 4.39 Å². The van der Waals surface area contributed by atoms with Crippen LogP contribution in [0.25, 0.3) is 0 Å². The predicted molar refractivity (Wildman–Crippen MR) is 65.1 cm³/mol. The zero-order chi connectivity index (χ0) is 12.1. The number of hydrogen-bond donors (Lipinski definition) is 2. The van der Waals surface area contributed by atoms with Crippen LogP contribution >= 0.6 is 0 Å². The van der Waals surface area contributed by atoms with E-state index in [-0.39, 0.29) is 11.9 Å². The van der Waals surface area contributed by atoms with E-state index in [1.54, 1.807) is 24.5 Å². The van der Waals surface area contributed by atoms with Gasteiger partial charge in [-0.2, -0.15) is 0 Å². The van der Waals surface area contributed by atoms with Crippen molar-refractivity contribution in [2.45, 2.75) is 19.4 Å². The lowest BCUT2D eigenvalue weighted by atomic mass is 10.1. The molecular formula is C13H16FN3. The lowest BCUT2D eigenvalue weighted by molar-refractivity contribution is 0.528. The van der Waals surface area contributed by atoms with Crippen LogP contribution in [0.15, 0.2) is 36.7 Å². The average Bonchev–Trinajstić information content (AvgIpc) is 2.82. The van der Waals surface area contributed by atoms with Crippen molar-refractivity contribution in [3.05, 3.63) is 53.9 Å². The van der Waals surface area contributed by atoms with Crippen LogP contribution < -0.4 is 5.32 Å². The maximum atomic E-state index is 13.5. The topological polar surface area (TPSA) is 40.7 Å². The average molecular weight is 233 g/mol. The Kier molecular flexibility index (Phi) is 3.88. The molecule has 0 radical (unpaired) electrons. The molecule has 0 saturated carbocycles. The zero-order valence-corrected chi connectivity index (χ0v) is 9.78. The molecule has 17 heavy (non-hydrogen) atoms. The summed E-state index contributed by atoms with van der Waals surface area (Å²) >= 11 is 0. The van der Waals surface area contributed by atoms with E-state index >= 15 is 0 Å². The Bertz CT molecular complexity index is 453. The molecule has 0 aliphatic carbocycles. The van der Waals surface area contributed by atoms with Crippen molar-refractivity contribution < 1.29 is 4.39 Å². The molecule has 2 N–H and O–H groups in total. The molecule has 1 unspecified atom stereocenters. The molecule has 0 amide bonds. The van der Waals surface area contributed by atoms with Gasteiger partial charge in [0, 0.05) is 37.0 Å². The van der Waals surface area contributed by atoms with Crippen LogP contribution in [0.5, 0.6) is 0 Å². The maximum absolute atomic E-state index is 13.5. The fraction of sp³-hybridized carbons (Fsp3) is 0.308. The Morgan fingerprint density at radius 3 is 2.94 bits per heavy atom. The van der Waals surface area contributed by atoms with E-state index in [2.05, 4.69) is 15.3 Å². The van der Waals surface area contributed by atoms with Crippen molar-refractivity contribution in [2.24, 2.45) is 0 Å². The minimum absolute atomic E-state index is 0.00571. The molecule has 0 aliphatic rings. The van der Waals surface area contributed by atoms with Crippen LogP contribution in [0, 0.1) is 5.82 Å². The number of aromatic amines is 1. The van der Waals surface area contributed by atoms with Gasteiger partial charge in [0.25, 0.3) is 0 Å². The first kappa shape index (κ1) is 11.8. The molecule has 90 valence electrons. The van der Waals surface area contributed by atoms with Crippen molar-refractivity contribution in [1.29, 1.82) is 0 Å². The van der Waals surface area contributed by atoms with Crippen molar-refractivity contribution >= 4 is 0 Å². The Morgan fingerprint density at radius 2 is 2.24 bits per heavy atom. The van der Waals surface area contributed by atoms with Gasteiger partial charge in [-0.25, -0.2) is 9.37 Å². The first-order chi connectivity index (χ1) is 8.27. The number of hydrogen-bond acceptors (Lipinski definition) is 2. The molecule has 0 saturated heterocycles. The Hall–Kier alpha value is -1.68. The second kappa shape index (κ2) is 5.59. The fourth-order valence-corrected chi connectivity index (χ4v) is 1.78. The van der Waals surface area contributed by atoms with Gasteiger partial charge in [0.2, 0.25) is 0 Å². The minimum Gasteiger partial charge on any atom is -0.349 e. The molecule has 1 aromatic heterocycles. The number of halogens is 1. The molecule has 0 bridgehead atoms. The Balaban J connectivity index is 1.85. The van der Waals surface area contributed by atoms with Crippen molar-refractivity contribution in [3.8, 4) is 0 Å². The fourth-order valence-electron chi connectivity index (χ4n) is 1.78. The van der Waals surface area contributed by atoms with Crippen LogP contribution in [0.3, 0.4) is 0 Å². The minimum atomic E-state index is -0.162. The molecule has 1 aromatic carbocycles. The zero-order valence-electron chi connectivity index (χ0n) is 9.78. The molecule has 0 aliphatic heterocycles. The van der Waals surface area contributed by atoms with Gasteiger partial charge in [-0.1, -0.05) is 18.2 Å². The summed E-state index contributed by atoms with van der Waals surface area (Å²) in [7, 11) is 0. The van der Waals surface area contributed by atoms with Gasteiger partial charge in [-0.05, 0) is 13.0 Å². The first-order valence-electron chi connectivity index (χ1n) is 5.73. The summed E-state index contributed by atoms with van der Waals surface area (Å²) in [5, 5.41) is 3.28. The summed E-state index contributed by atoms with van der Waals surface area (Å²) in [6.45, 7) is 2.73. The van der Waals surface area contributed by atoms with E-state index in [0.717, 1.165) is 18.8 Å². The number of imidazole rings is 1. The van der Waals surface area contributed by atoms with Gasteiger partial charge < -0.3 is 10.3 Å². The molecular weight excluding hydrogens is 217 g/mol. The smallest absolute Gasteiger partial charge is 0.127 e. The summed E-state index contributed by atoms with van der Waals surface area (Å²) < 4.78 is 13.5. The third-order valence-corrected chi connectivity index (χ3v) is 2.74. The highest BCUT2D eigenvalue weighted by Crippen LogP contribution is 2.15. The van der Waals surface area contributed by atoms with E-state index < -0.39 is 0 Å². The van der Waals surface area contributed by atoms with Crippen LogP contribution in [-0.2, 0) is 6.42 Å². The third-order valence-electron chi connectivity index (χ3n) is 2.74. The molecule has 1 heterocycles. The number of benzene rings is 1. The maximum Gasteiger partial charge on any atom is 0.127 e.